The molecule has 3 rings (SSSR count). The molecular weight excluding hydrogens is 274 g/mol. The number of amides is 1. The van der Waals surface area contributed by atoms with Gasteiger partial charge >= 0.3 is 0 Å². The topological polar surface area (TPSA) is 71.0 Å². The van der Waals surface area contributed by atoms with E-state index in [1.165, 1.54) is 0 Å². The lowest BCUT2D eigenvalue weighted by Gasteiger charge is -2.11. The summed E-state index contributed by atoms with van der Waals surface area (Å²) >= 11 is 5.06. The number of hydrogen-bond donors (Lipinski definition) is 3. The van der Waals surface area contributed by atoms with E-state index in [1.807, 2.05) is 24.3 Å². The molecule has 104 valence electrons. The molecule has 7 heteroatoms. The van der Waals surface area contributed by atoms with Crippen LogP contribution in [0.5, 0.6) is 0 Å². The number of hydrazine groups is 1. The summed E-state index contributed by atoms with van der Waals surface area (Å²) in [7, 11) is 0. The lowest BCUT2D eigenvalue weighted by molar-refractivity contribution is -0.122. The summed E-state index contributed by atoms with van der Waals surface area (Å²) in [6.45, 7) is 0.194. The lowest BCUT2D eigenvalue weighted by atomic mass is 10.3. The summed E-state index contributed by atoms with van der Waals surface area (Å²) in [5.74, 6) is -0.173. The molecule has 6 nitrogen and oxygen atoms in total. The minimum atomic E-state index is -0.173. The summed E-state index contributed by atoms with van der Waals surface area (Å²) in [6.07, 6.45) is 3.93. The van der Waals surface area contributed by atoms with Crippen LogP contribution in [0.15, 0.2) is 30.6 Å². The zero-order chi connectivity index (χ0) is 13.9. The Morgan fingerprint density at radius 1 is 1.35 bits per heavy atom. The fourth-order valence-electron chi connectivity index (χ4n) is 1.91. The number of fused-ring (bicyclic) bond motifs is 1. The highest BCUT2D eigenvalue weighted by Crippen LogP contribution is 2.18. The Bertz CT molecular complexity index is 649. The van der Waals surface area contributed by atoms with Crippen LogP contribution in [-0.2, 0) is 11.3 Å². The zero-order valence-corrected chi connectivity index (χ0v) is 11.6. The number of imidazole rings is 1. The molecule has 0 saturated heterocycles. The average molecular weight is 289 g/mol. The van der Waals surface area contributed by atoms with E-state index < -0.39 is 0 Å². The molecule has 1 aliphatic carbocycles. The summed E-state index contributed by atoms with van der Waals surface area (Å²) in [4.78, 5) is 16.1. The molecule has 0 spiro atoms. The minimum Gasteiger partial charge on any atom is -0.359 e. The van der Waals surface area contributed by atoms with Crippen LogP contribution >= 0.6 is 12.2 Å². The third-order valence-corrected chi connectivity index (χ3v) is 3.29. The molecule has 1 saturated carbocycles. The van der Waals surface area contributed by atoms with Gasteiger partial charge in [-0.15, -0.1) is 0 Å². The molecular formula is C13H15N5OS. The van der Waals surface area contributed by atoms with E-state index in [0.29, 0.717) is 11.2 Å². The molecule has 2 aromatic rings. The summed E-state index contributed by atoms with van der Waals surface area (Å²) in [6, 6.07) is 8.15. The van der Waals surface area contributed by atoms with Crippen molar-refractivity contribution in [3.8, 4) is 0 Å². The van der Waals surface area contributed by atoms with E-state index >= 15 is 0 Å². The minimum absolute atomic E-state index is 0.173. The fourth-order valence-corrected chi connectivity index (χ4v) is 2.12. The van der Waals surface area contributed by atoms with Crippen LogP contribution in [0.3, 0.4) is 0 Å². The van der Waals surface area contributed by atoms with Gasteiger partial charge in [-0.25, -0.2) is 4.98 Å². The molecule has 0 radical (unpaired) electrons. The summed E-state index contributed by atoms with van der Waals surface area (Å²) < 4.78 is 1.80. The summed E-state index contributed by atoms with van der Waals surface area (Å²) in [5, 5.41) is 3.54. The van der Waals surface area contributed by atoms with Gasteiger partial charge in [-0.2, -0.15) is 0 Å². The molecule has 1 aromatic carbocycles. The van der Waals surface area contributed by atoms with E-state index in [2.05, 4.69) is 21.2 Å². The Morgan fingerprint density at radius 3 is 2.95 bits per heavy atom. The van der Waals surface area contributed by atoms with Crippen LogP contribution in [0.4, 0.5) is 0 Å². The molecule has 0 unspecified atom stereocenters. The molecule has 1 fully saturated rings. The van der Waals surface area contributed by atoms with Crippen molar-refractivity contribution in [3.05, 3.63) is 30.6 Å². The standard InChI is InChI=1S/C13H15N5OS/c19-12(16-17-13(20)15-9-5-6-9)7-18-8-14-10-3-1-2-4-11(10)18/h1-4,8-9H,5-7H2,(H,16,19)(H2,15,17,20). The molecule has 1 amide bonds. The van der Waals surface area contributed by atoms with Gasteiger partial charge in [0.2, 0.25) is 0 Å². The van der Waals surface area contributed by atoms with Gasteiger partial charge in [-0.1, -0.05) is 12.1 Å². The van der Waals surface area contributed by atoms with Crippen molar-refractivity contribution in [1.82, 2.24) is 25.7 Å². The monoisotopic (exact) mass is 289 g/mol. The van der Waals surface area contributed by atoms with Crippen molar-refractivity contribution in [2.24, 2.45) is 0 Å². The largest absolute Gasteiger partial charge is 0.359 e. The van der Waals surface area contributed by atoms with Crippen molar-refractivity contribution in [3.63, 3.8) is 0 Å². The first kappa shape index (κ1) is 12.9. The smallest absolute Gasteiger partial charge is 0.258 e. The predicted molar refractivity (Wildman–Crippen MR) is 79.8 cm³/mol. The lowest BCUT2D eigenvalue weighted by Crippen LogP contribution is -2.48. The predicted octanol–water partition coefficient (Wildman–Crippen LogP) is 0.694. The first-order chi connectivity index (χ1) is 9.72. The van der Waals surface area contributed by atoms with Gasteiger partial charge in [0, 0.05) is 6.04 Å². The van der Waals surface area contributed by atoms with Gasteiger partial charge in [-0.05, 0) is 37.2 Å². The second-order valence-electron chi connectivity index (χ2n) is 4.78. The Labute approximate surface area is 121 Å². The van der Waals surface area contributed by atoms with Crippen LogP contribution in [0.25, 0.3) is 11.0 Å². The van der Waals surface area contributed by atoms with Gasteiger partial charge in [0.1, 0.15) is 6.54 Å². The highest BCUT2D eigenvalue weighted by atomic mass is 32.1. The number of nitrogens with zero attached hydrogens (tertiary/aromatic N) is 2. The Hall–Kier alpha value is -2.15. The average Bonchev–Trinajstić information content (AvgIpc) is 3.17. The van der Waals surface area contributed by atoms with E-state index in [9.17, 15) is 4.79 Å². The number of aromatic nitrogens is 2. The van der Waals surface area contributed by atoms with Gasteiger partial charge in [0.05, 0.1) is 17.4 Å². The third-order valence-electron chi connectivity index (χ3n) is 3.07. The first-order valence-corrected chi connectivity index (χ1v) is 6.88. The maximum absolute atomic E-state index is 11.9. The second-order valence-corrected chi connectivity index (χ2v) is 5.19. The molecule has 3 N–H and O–H groups in total. The van der Waals surface area contributed by atoms with Gasteiger partial charge in [-0.3, -0.25) is 15.6 Å². The quantitative estimate of drug-likeness (QED) is 0.573. The first-order valence-electron chi connectivity index (χ1n) is 6.47. The molecule has 1 heterocycles. The summed E-state index contributed by atoms with van der Waals surface area (Å²) in [5.41, 5.74) is 7.08. The van der Waals surface area contributed by atoms with Crippen LogP contribution in [0.1, 0.15) is 12.8 Å². The van der Waals surface area contributed by atoms with Crippen LogP contribution < -0.4 is 16.2 Å². The fraction of sp³-hybridized carbons (Fsp3) is 0.308. The van der Waals surface area contributed by atoms with Gasteiger partial charge in [0.15, 0.2) is 5.11 Å². The molecule has 1 aromatic heterocycles. The van der Waals surface area contributed by atoms with Crippen molar-refractivity contribution in [1.29, 1.82) is 0 Å². The SMILES string of the molecule is O=C(Cn1cnc2ccccc21)NNC(=S)NC1CC1. The van der Waals surface area contributed by atoms with Crippen LogP contribution in [0, 0.1) is 0 Å². The van der Waals surface area contributed by atoms with E-state index in [0.717, 1.165) is 23.9 Å². The normalized spacial score (nSPS) is 14.0. The number of nitrogens with one attached hydrogen (secondary N) is 3. The third kappa shape index (κ3) is 3.05. The van der Waals surface area contributed by atoms with E-state index in [4.69, 9.17) is 12.2 Å². The highest BCUT2D eigenvalue weighted by Gasteiger charge is 2.21. The molecule has 0 atom stereocenters. The van der Waals surface area contributed by atoms with Gasteiger partial charge < -0.3 is 9.88 Å². The number of rotatable bonds is 3. The second kappa shape index (κ2) is 5.46. The zero-order valence-electron chi connectivity index (χ0n) is 10.8. The molecule has 0 aliphatic heterocycles. The molecule has 20 heavy (non-hydrogen) atoms. The Kier molecular flexibility index (Phi) is 3.51. The highest BCUT2D eigenvalue weighted by molar-refractivity contribution is 7.80. The van der Waals surface area contributed by atoms with Crippen molar-refractivity contribution in [2.75, 3.05) is 0 Å². The Morgan fingerprint density at radius 2 is 2.15 bits per heavy atom. The molecule has 0 bridgehead atoms. The maximum Gasteiger partial charge on any atom is 0.258 e. The van der Waals surface area contributed by atoms with Crippen molar-refractivity contribution >= 4 is 34.3 Å². The van der Waals surface area contributed by atoms with Crippen LogP contribution in [0.2, 0.25) is 0 Å². The van der Waals surface area contributed by atoms with Gasteiger partial charge in [0.25, 0.3) is 5.91 Å². The Balaban J connectivity index is 1.54. The van der Waals surface area contributed by atoms with Crippen LogP contribution in [-0.4, -0.2) is 26.6 Å². The molecule has 1 aliphatic rings. The number of carbonyl (C=O) groups excluding carboxylic acids is 1. The van der Waals surface area contributed by atoms with Crippen molar-refractivity contribution < 1.29 is 4.79 Å². The van der Waals surface area contributed by atoms with E-state index in [-0.39, 0.29) is 12.5 Å². The number of thiocarbonyl (C=S) groups is 1. The van der Waals surface area contributed by atoms with Crippen molar-refractivity contribution in [2.45, 2.75) is 25.4 Å². The number of benzene rings is 1. The maximum atomic E-state index is 11.9. The van der Waals surface area contributed by atoms with E-state index in [1.54, 1.807) is 10.9 Å². The number of para-hydroxylation sites is 2. The number of hydrogen-bond acceptors (Lipinski definition) is 3. The number of carbonyl (C=O) groups is 1.